The van der Waals surface area contributed by atoms with Gasteiger partial charge in [-0.15, -0.1) is 0 Å². The molecule has 0 N–H and O–H groups in total. The molecular weight excluding hydrogens is 144 g/mol. The summed E-state index contributed by atoms with van der Waals surface area (Å²) in [6, 6.07) is 0. The predicted molar refractivity (Wildman–Crippen MR) is 57.4 cm³/mol. The van der Waals surface area contributed by atoms with Crippen LogP contribution in [-0.2, 0) is 0 Å². The first-order valence-electron chi connectivity index (χ1n) is 5.72. The first-order chi connectivity index (χ1) is 5.72. The second-order valence-electron chi connectivity index (χ2n) is 4.29. The molecule has 0 rings (SSSR count). The van der Waals surface area contributed by atoms with E-state index in [1.54, 1.807) is 0 Å². The highest BCUT2D eigenvalue weighted by Crippen LogP contribution is 2.23. The van der Waals surface area contributed by atoms with Crippen molar-refractivity contribution in [2.75, 3.05) is 0 Å². The maximum atomic E-state index is 2.37. The van der Waals surface area contributed by atoms with E-state index >= 15 is 0 Å². The van der Waals surface area contributed by atoms with Crippen molar-refractivity contribution in [1.82, 2.24) is 0 Å². The molecule has 0 heterocycles. The summed E-state index contributed by atoms with van der Waals surface area (Å²) in [6.07, 6.45) is 8.46. The minimum absolute atomic E-state index is 0.892. The summed E-state index contributed by atoms with van der Waals surface area (Å²) in [6.45, 7) is 9.32. The van der Waals surface area contributed by atoms with Gasteiger partial charge in [-0.3, -0.25) is 0 Å². The number of unbranched alkanes of at least 4 members (excludes halogenated alkanes) is 2. The van der Waals surface area contributed by atoms with Gasteiger partial charge in [-0.2, -0.15) is 0 Å². The third kappa shape index (κ3) is 5.62. The van der Waals surface area contributed by atoms with Crippen LogP contribution in [0.2, 0.25) is 0 Å². The average molecular weight is 170 g/mol. The van der Waals surface area contributed by atoms with Crippen LogP contribution in [0, 0.1) is 11.8 Å². The van der Waals surface area contributed by atoms with Crippen LogP contribution >= 0.6 is 0 Å². The van der Waals surface area contributed by atoms with Gasteiger partial charge >= 0.3 is 0 Å². The molecule has 0 unspecified atom stereocenters. The van der Waals surface area contributed by atoms with E-state index in [0.717, 1.165) is 11.8 Å². The van der Waals surface area contributed by atoms with Crippen LogP contribution in [0.3, 0.4) is 0 Å². The average Bonchev–Trinajstić information content (AvgIpc) is 2.04. The van der Waals surface area contributed by atoms with Gasteiger partial charge in [0.25, 0.3) is 0 Å². The highest BCUT2D eigenvalue weighted by molar-refractivity contribution is 4.62. The molecule has 0 heteroatoms. The summed E-state index contributed by atoms with van der Waals surface area (Å²) in [5.74, 6) is 1.88. The van der Waals surface area contributed by atoms with Crippen molar-refractivity contribution < 1.29 is 0 Å². The summed E-state index contributed by atoms with van der Waals surface area (Å²) in [7, 11) is 0. The quantitative estimate of drug-likeness (QED) is 0.522. The third-order valence-corrected chi connectivity index (χ3v) is 2.80. The lowest BCUT2D eigenvalue weighted by Crippen LogP contribution is -2.08. The van der Waals surface area contributed by atoms with Crippen molar-refractivity contribution in [2.24, 2.45) is 11.8 Å². The fourth-order valence-corrected chi connectivity index (χ4v) is 1.74. The molecule has 0 aliphatic heterocycles. The van der Waals surface area contributed by atoms with E-state index in [0.29, 0.717) is 0 Å². The van der Waals surface area contributed by atoms with Crippen LogP contribution in [0.25, 0.3) is 0 Å². The summed E-state index contributed by atoms with van der Waals surface area (Å²) in [5, 5.41) is 0. The minimum Gasteiger partial charge on any atom is -0.0654 e. The second kappa shape index (κ2) is 7.64. The van der Waals surface area contributed by atoms with E-state index in [4.69, 9.17) is 0 Å². The fourth-order valence-electron chi connectivity index (χ4n) is 1.74. The molecule has 0 bridgehead atoms. The monoisotopic (exact) mass is 170 g/mol. The van der Waals surface area contributed by atoms with Gasteiger partial charge in [0.2, 0.25) is 0 Å². The number of rotatable bonds is 7. The Kier molecular flexibility index (Phi) is 7.64. The van der Waals surface area contributed by atoms with Crippen molar-refractivity contribution in [2.45, 2.75) is 66.2 Å². The third-order valence-electron chi connectivity index (χ3n) is 2.80. The van der Waals surface area contributed by atoms with Gasteiger partial charge in [0.1, 0.15) is 0 Å². The van der Waals surface area contributed by atoms with Gasteiger partial charge < -0.3 is 0 Å². The van der Waals surface area contributed by atoms with Crippen molar-refractivity contribution in [3.8, 4) is 0 Å². The summed E-state index contributed by atoms with van der Waals surface area (Å²) in [5.41, 5.74) is 0. The molecule has 0 aliphatic rings. The molecular formula is C12H26. The van der Waals surface area contributed by atoms with Gasteiger partial charge in [-0.25, -0.2) is 0 Å². The molecule has 0 fully saturated rings. The molecule has 0 aromatic rings. The molecule has 74 valence electrons. The molecule has 0 radical (unpaired) electrons. The highest BCUT2D eigenvalue weighted by atomic mass is 14.2. The van der Waals surface area contributed by atoms with E-state index in [2.05, 4.69) is 27.7 Å². The molecule has 0 saturated carbocycles. The molecule has 0 spiro atoms. The lowest BCUT2D eigenvalue weighted by molar-refractivity contribution is 0.320. The Morgan fingerprint density at radius 1 is 0.833 bits per heavy atom. The Morgan fingerprint density at radius 3 is 1.50 bits per heavy atom. The van der Waals surface area contributed by atoms with Gasteiger partial charge in [0.05, 0.1) is 0 Å². The Balaban J connectivity index is 3.55. The zero-order chi connectivity index (χ0) is 9.40. The second-order valence-corrected chi connectivity index (χ2v) is 4.29. The van der Waals surface area contributed by atoms with E-state index in [1.165, 1.54) is 38.5 Å². The smallest absolute Gasteiger partial charge is 0.0391 e. The van der Waals surface area contributed by atoms with Crippen molar-refractivity contribution in [3.63, 3.8) is 0 Å². The fraction of sp³-hybridized carbons (Fsp3) is 1.00. The molecule has 0 nitrogen and oxygen atoms in total. The maximum Gasteiger partial charge on any atom is -0.0391 e. The topological polar surface area (TPSA) is 0 Å². The Labute approximate surface area is 78.8 Å². The summed E-state index contributed by atoms with van der Waals surface area (Å²) < 4.78 is 0. The van der Waals surface area contributed by atoms with E-state index in [1.807, 2.05) is 0 Å². The highest BCUT2D eigenvalue weighted by Gasteiger charge is 2.11. The van der Waals surface area contributed by atoms with Crippen LogP contribution in [0.5, 0.6) is 0 Å². The van der Waals surface area contributed by atoms with E-state index in [-0.39, 0.29) is 0 Å². The molecule has 0 saturated heterocycles. The summed E-state index contributed by atoms with van der Waals surface area (Å²) >= 11 is 0. The summed E-state index contributed by atoms with van der Waals surface area (Å²) in [4.78, 5) is 0. The van der Waals surface area contributed by atoms with E-state index in [9.17, 15) is 0 Å². The van der Waals surface area contributed by atoms with Gasteiger partial charge in [0.15, 0.2) is 0 Å². The minimum atomic E-state index is 0.892. The Hall–Kier alpha value is 0. The molecule has 0 aromatic carbocycles. The maximum absolute atomic E-state index is 2.37. The van der Waals surface area contributed by atoms with Crippen LogP contribution in [0.1, 0.15) is 66.2 Å². The lowest BCUT2D eigenvalue weighted by atomic mass is 9.86. The predicted octanol–water partition coefficient (Wildman–Crippen LogP) is 4.64. The van der Waals surface area contributed by atoms with Crippen molar-refractivity contribution in [3.05, 3.63) is 0 Å². The lowest BCUT2D eigenvalue weighted by Gasteiger charge is -2.20. The molecule has 0 atom stereocenters. The van der Waals surface area contributed by atoms with Crippen LogP contribution in [0.4, 0.5) is 0 Å². The molecule has 0 amide bonds. The standard InChI is InChI=1S/C12H26/c1-5-7-9-12(11(3)4)10-8-6-2/h11-12H,5-10H2,1-4H3. The molecule has 0 aliphatic carbocycles. The van der Waals surface area contributed by atoms with Crippen LogP contribution in [0.15, 0.2) is 0 Å². The number of hydrogen-bond donors (Lipinski definition) is 0. The largest absolute Gasteiger partial charge is 0.0654 e. The van der Waals surface area contributed by atoms with Crippen LogP contribution in [-0.4, -0.2) is 0 Å². The van der Waals surface area contributed by atoms with Gasteiger partial charge in [0, 0.05) is 0 Å². The van der Waals surface area contributed by atoms with Gasteiger partial charge in [-0.05, 0) is 11.8 Å². The van der Waals surface area contributed by atoms with Crippen LogP contribution < -0.4 is 0 Å². The zero-order valence-corrected chi connectivity index (χ0v) is 9.40. The number of hydrogen-bond acceptors (Lipinski definition) is 0. The first kappa shape index (κ1) is 12.0. The molecule has 12 heavy (non-hydrogen) atoms. The first-order valence-corrected chi connectivity index (χ1v) is 5.72. The van der Waals surface area contributed by atoms with E-state index < -0.39 is 0 Å². The zero-order valence-electron chi connectivity index (χ0n) is 9.40. The SMILES string of the molecule is CCCCC(CCCC)C(C)C. The van der Waals surface area contributed by atoms with Crippen molar-refractivity contribution >= 4 is 0 Å². The van der Waals surface area contributed by atoms with Crippen molar-refractivity contribution in [1.29, 1.82) is 0 Å². The van der Waals surface area contributed by atoms with Gasteiger partial charge in [-0.1, -0.05) is 66.2 Å². The Morgan fingerprint density at radius 2 is 1.25 bits per heavy atom. The molecule has 0 aromatic heterocycles. The normalized spacial score (nSPS) is 11.5. The Bertz CT molecular complexity index is 76.0.